The first-order valence-electron chi connectivity index (χ1n) is 7.32. The summed E-state index contributed by atoms with van der Waals surface area (Å²) in [5.41, 5.74) is 1.58. The molecule has 7 heteroatoms. The van der Waals surface area contributed by atoms with Crippen LogP contribution in [-0.2, 0) is 16.6 Å². The van der Waals surface area contributed by atoms with E-state index in [-0.39, 0.29) is 5.03 Å². The molecule has 1 aliphatic rings. The van der Waals surface area contributed by atoms with E-state index in [1.807, 2.05) is 13.8 Å². The van der Waals surface area contributed by atoms with E-state index in [1.165, 1.54) is 0 Å². The van der Waals surface area contributed by atoms with Crippen molar-refractivity contribution in [2.75, 3.05) is 19.6 Å². The second-order valence-electron chi connectivity index (χ2n) is 5.23. The van der Waals surface area contributed by atoms with Crippen LogP contribution in [0, 0.1) is 6.92 Å². The zero-order valence-electron chi connectivity index (χ0n) is 12.3. The number of nitrogens with one attached hydrogen (secondary N) is 2. The molecule has 1 fully saturated rings. The smallest absolute Gasteiger partial charge is 0.262 e. The number of H-pyrrole nitrogens is 1. The van der Waals surface area contributed by atoms with E-state index in [4.69, 9.17) is 0 Å². The molecule has 0 unspecified atom stereocenters. The summed E-state index contributed by atoms with van der Waals surface area (Å²) in [5, 5.41) is 10.2. The minimum Gasteiger partial charge on any atom is -0.313 e. The highest BCUT2D eigenvalue weighted by Gasteiger charge is 2.30. The highest BCUT2D eigenvalue weighted by atomic mass is 32.2. The van der Waals surface area contributed by atoms with Gasteiger partial charge in [0.05, 0.1) is 0 Å². The quantitative estimate of drug-likeness (QED) is 0.861. The van der Waals surface area contributed by atoms with Crippen molar-refractivity contribution in [1.82, 2.24) is 19.8 Å². The van der Waals surface area contributed by atoms with Gasteiger partial charge in [0.25, 0.3) is 10.0 Å². The second kappa shape index (κ2) is 6.69. The Morgan fingerprint density at radius 2 is 1.90 bits per heavy atom. The zero-order chi connectivity index (χ0) is 14.6. The molecule has 0 aliphatic carbocycles. The van der Waals surface area contributed by atoms with Gasteiger partial charge in [-0.1, -0.05) is 19.8 Å². The van der Waals surface area contributed by atoms with Gasteiger partial charge in [-0.3, -0.25) is 5.10 Å². The summed E-state index contributed by atoms with van der Waals surface area (Å²) in [7, 11) is -3.47. The molecule has 1 aromatic heterocycles. The number of nitrogens with zero attached hydrogens (tertiary/aromatic N) is 2. The van der Waals surface area contributed by atoms with Crippen molar-refractivity contribution in [2.24, 2.45) is 0 Å². The number of aromatic nitrogens is 2. The van der Waals surface area contributed by atoms with Gasteiger partial charge >= 0.3 is 0 Å². The molecule has 0 amide bonds. The molecule has 2 heterocycles. The van der Waals surface area contributed by atoms with Crippen molar-refractivity contribution in [3.05, 3.63) is 11.3 Å². The normalized spacial score (nSPS) is 18.1. The maximum atomic E-state index is 12.8. The van der Waals surface area contributed by atoms with Crippen LogP contribution in [-0.4, -0.2) is 42.6 Å². The number of aromatic amines is 1. The Balaban J connectivity index is 2.28. The molecule has 0 aromatic carbocycles. The lowest BCUT2D eigenvalue weighted by Crippen LogP contribution is -2.33. The van der Waals surface area contributed by atoms with Gasteiger partial charge in [-0.2, -0.15) is 9.40 Å². The molecule has 1 aliphatic heterocycles. The van der Waals surface area contributed by atoms with Gasteiger partial charge in [-0.05, 0) is 26.3 Å². The molecule has 0 spiro atoms. The molecule has 114 valence electrons. The van der Waals surface area contributed by atoms with Gasteiger partial charge in [-0.25, -0.2) is 8.42 Å². The van der Waals surface area contributed by atoms with Crippen molar-refractivity contribution in [3.8, 4) is 0 Å². The summed E-state index contributed by atoms with van der Waals surface area (Å²) in [6.07, 6.45) is 4.09. The molecule has 2 rings (SSSR count). The number of hydrogen-bond acceptors (Lipinski definition) is 4. The van der Waals surface area contributed by atoms with E-state index in [0.29, 0.717) is 19.6 Å². The standard InChI is InChI=1S/C13H24N4O2S/c1-3-14-10-12-11(2)15-16-13(12)20(18,19)17-8-6-4-5-7-9-17/h14H,3-10H2,1-2H3,(H,15,16). The van der Waals surface area contributed by atoms with E-state index in [9.17, 15) is 8.42 Å². The Hall–Kier alpha value is -0.920. The van der Waals surface area contributed by atoms with Crippen molar-refractivity contribution in [1.29, 1.82) is 0 Å². The number of rotatable bonds is 5. The van der Waals surface area contributed by atoms with E-state index >= 15 is 0 Å². The highest BCUT2D eigenvalue weighted by molar-refractivity contribution is 7.89. The fourth-order valence-corrected chi connectivity index (χ4v) is 4.19. The summed E-state index contributed by atoms with van der Waals surface area (Å²) in [5.74, 6) is 0. The van der Waals surface area contributed by atoms with Crippen LogP contribution in [0.1, 0.15) is 43.9 Å². The first-order chi connectivity index (χ1) is 9.57. The number of aryl methyl sites for hydroxylation is 1. The van der Waals surface area contributed by atoms with Crippen LogP contribution in [0.3, 0.4) is 0 Å². The van der Waals surface area contributed by atoms with Crippen LogP contribution in [0.15, 0.2) is 5.03 Å². The predicted molar refractivity (Wildman–Crippen MR) is 77.9 cm³/mol. The Kier molecular flexibility index (Phi) is 5.17. The molecule has 6 nitrogen and oxygen atoms in total. The molecule has 2 N–H and O–H groups in total. The summed E-state index contributed by atoms with van der Waals surface area (Å²) >= 11 is 0. The number of hydrogen-bond donors (Lipinski definition) is 2. The molecule has 1 saturated heterocycles. The third-order valence-electron chi connectivity index (χ3n) is 3.74. The SMILES string of the molecule is CCNCc1c(S(=O)(=O)N2CCCCCC2)n[nH]c1C. The van der Waals surface area contributed by atoms with Crippen LogP contribution in [0.2, 0.25) is 0 Å². The van der Waals surface area contributed by atoms with Gasteiger partial charge in [0, 0.05) is 30.9 Å². The maximum absolute atomic E-state index is 12.8. The van der Waals surface area contributed by atoms with Crippen molar-refractivity contribution < 1.29 is 8.42 Å². The minimum atomic E-state index is -3.47. The molecule has 0 saturated carbocycles. The largest absolute Gasteiger partial charge is 0.313 e. The molecule has 0 atom stereocenters. The lowest BCUT2D eigenvalue weighted by atomic mass is 10.2. The average molecular weight is 300 g/mol. The Labute approximate surface area is 121 Å². The lowest BCUT2D eigenvalue weighted by Gasteiger charge is -2.19. The molecule has 0 radical (unpaired) electrons. The Morgan fingerprint density at radius 1 is 1.25 bits per heavy atom. The van der Waals surface area contributed by atoms with Crippen molar-refractivity contribution >= 4 is 10.0 Å². The van der Waals surface area contributed by atoms with Crippen LogP contribution in [0.5, 0.6) is 0 Å². The Morgan fingerprint density at radius 3 is 2.50 bits per heavy atom. The van der Waals surface area contributed by atoms with Gasteiger partial charge < -0.3 is 5.32 Å². The fraction of sp³-hybridized carbons (Fsp3) is 0.769. The minimum absolute atomic E-state index is 0.192. The summed E-state index contributed by atoms with van der Waals surface area (Å²) in [6, 6.07) is 0. The topological polar surface area (TPSA) is 78.1 Å². The van der Waals surface area contributed by atoms with Crippen LogP contribution in [0.25, 0.3) is 0 Å². The first-order valence-corrected chi connectivity index (χ1v) is 8.76. The van der Waals surface area contributed by atoms with Crippen molar-refractivity contribution in [2.45, 2.75) is 51.1 Å². The third-order valence-corrected chi connectivity index (χ3v) is 5.61. The third kappa shape index (κ3) is 3.21. The van der Waals surface area contributed by atoms with E-state index in [0.717, 1.165) is 43.5 Å². The van der Waals surface area contributed by atoms with Gasteiger partial charge in [-0.15, -0.1) is 0 Å². The van der Waals surface area contributed by atoms with Crippen molar-refractivity contribution in [3.63, 3.8) is 0 Å². The highest BCUT2D eigenvalue weighted by Crippen LogP contribution is 2.23. The summed E-state index contributed by atoms with van der Waals surface area (Å²) < 4.78 is 27.1. The summed E-state index contributed by atoms with van der Waals surface area (Å²) in [4.78, 5) is 0. The van der Waals surface area contributed by atoms with Crippen LogP contribution in [0.4, 0.5) is 0 Å². The monoisotopic (exact) mass is 300 g/mol. The lowest BCUT2D eigenvalue weighted by molar-refractivity contribution is 0.420. The first kappa shape index (κ1) is 15.5. The van der Waals surface area contributed by atoms with Gasteiger partial charge in [0.2, 0.25) is 0 Å². The number of sulfonamides is 1. The van der Waals surface area contributed by atoms with Gasteiger partial charge in [0.15, 0.2) is 5.03 Å². The molecular weight excluding hydrogens is 276 g/mol. The Bertz CT molecular complexity index is 531. The maximum Gasteiger partial charge on any atom is 0.262 e. The predicted octanol–water partition coefficient (Wildman–Crippen LogP) is 1.39. The second-order valence-corrected chi connectivity index (χ2v) is 7.08. The fourth-order valence-electron chi connectivity index (χ4n) is 2.51. The van der Waals surface area contributed by atoms with E-state index < -0.39 is 10.0 Å². The van der Waals surface area contributed by atoms with E-state index in [2.05, 4.69) is 15.5 Å². The average Bonchev–Trinajstić information content (AvgIpc) is 2.66. The van der Waals surface area contributed by atoms with Crippen LogP contribution >= 0.6 is 0 Å². The molecular formula is C13H24N4O2S. The molecule has 1 aromatic rings. The van der Waals surface area contributed by atoms with E-state index in [1.54, 1.807) is 4.31 Å². The zero-order valence-corrected chi connectivity index (χ0v) is 13.1. The van der Waals surface area contributed by atoms with Crippen LogP contribution < -0.4 is 5.32 Å². The molecule has 0 bridgehead atoms. The molecule has 20 heavy (non-hydrogen) atoms. The van der Waals surface area contributed by atoms with Gasteiger partial charge in [0.1, 0.15) is 0 Å². The summed E-state index contributed by atoms with van der Waals surface area (Å²) in [6.45, 7) is 6.40.